The molecular weight excluding hydrogens is 386 g/mol. The predicted molar refractivity (Wildman–Crippen MR) is 127 cm³/mol. The van der Waals surface area contributed by atoms with Crippen molar-refractivity contribution in [1.82, 2.24) is 4.98 Å². The molecule has 0 radical (unpaired) electrons. The fourth-order valence-corrected chi connectivity index (χ4v) is 4.80. The second-order valence-corrected chi connectivity index (χ2v) is 10.0. The molecule has 1 aromatic carbocycles. The minimum absolute atomic E-state index is 0.0607. The van der Waals surface area contributed by atoms with Crippen molar-refractivity contribution in [2.24, 2.45) is 5.41 Å². The zero-order valence-electron chi connectivity index (χ0n) is 19.7. The Labute approximate surface area is 185 Å². The molecule has 4 heteroatoms. The van der Waals surface area contributed by atoms with Gasteiger partial charge in [0.25, 0.3) is 0 Å². The van der Waals surface area contributed by atoms with Crippen LogP contribution in [0.15, 0.2) is 34.9 Å². The molecule has 0 saturated carbocycles. The van der Waals surface area contributed by atoms with Crippen LogP contribution in [-0.2, 0) is 11.2 Å². The molecule has 0 spiro atoms. The number of aromatic amines is 1. The minimum atomic E-state index is -0.615. The van der Waals surface area contributed by atoms with Crippen LogP contribution in [0.1, 0.15) is 88.8 Å². The number of benzene rings is 1. The molecule has 0 bridgehead atoms. The number of Topliss-reactive ketones (excluding diaryl/α,β-unsaturated/α-hetero) is 1. The van der Waals surface area contributed by atoms with Gasteiger partial charge in [-0.05, 0) is 87.6 Å². The van der Waals surface area contributed by atoms with E-state index in [1.54, 1.807) is 13.8 Å². The minimum Gasteiger partial charge on any atom is -0.393 e. The molecule has 1 aliphatic rings. The largest absolute Gasteiger partial charge is 0.393 e. The van der Waals surface area contributed by atoms with Gasteiger partial charge >= 0.3 is 0 Å². The van der Waals surface area contributed by atoms with Gasteiger partial charge < -0.3 is 10.1 Å². The highest BCUT2D eigenvalue weighted by Gasteiger charge is 2.25. The number of aliphatic hydroxyl groups excluding tert-OH is 1. The number of H-pyrrole nitrogens is 1. The lowest BCUT2D eigenvalue weighted by atomic mass is 9.73. The van der Waals surface area contributed by atoms with Crippen LogP contribution in [0.2, 0.25) is 0 Å². The summed E-state index contributed by atoms with van der Waals surface area (Å²) in [5.41, 5.74) is 7.91. The zero-order chi connectivity index (χ0) is 22.9. The van der Waals surface area contributed by atoms with Gasteiger partial charge in [0.15, 0.2) is 12.1 Å². The van der Waals surface area contributed by atoms with Crippen LogP contribution in [0.25, 0.3) is 16.5 Å². The van der Waals surface area contributed by atoms with E-state index in [1.807, 2.05) is 6.07 Å². The molecule has 166 valence electrons. The number of nitrogens with one attached hydrogen (secondary N) is 1. The van der Waals surface area contributed by atoms with Crippen LogP contribution in [0, 0.1) is 5.41 Å². The summed E-state index contributed by atoms with van der Waals surface area (Å²) in [6, 6.07) is 6.24. The lowest BCUT2D eigenvalue weighted by Crippen LogP contribution is -2.18. The van der Waals surface area contributed by atoms with Crippen molar-refractivity contribution >= 4 is 28.5 Å². The molecule has 2 aromatic rings. The highest BCUT2D eigenvalue weighted by Crippen LogP contribution is 2.40. The third-order valence-corrected chi connectivity index (χ3v) is 6.67. The maximum atomic E-state index is 12.1. The predicted octanol–water partition coefficient (Wildman–Crippen LogP) is 6.18. The molecule has 4 nitrogen and oxygen atoms in total. The smallest absolute Gasteiger partial charge is 0.155 e. The fourth-order valence-electron chi connectivity index (χ4n) is 4.80. The van der Waals surface area contributed by atoms with Gasteiger partial charge in [0, 0.05) is 22.9 Å². The van der Waals surface area contributed by atoms with E-state index >= 15 is 0 Å². The van der Waals surface area contributed by atoms with E-state index in [0.29, 0.717) is 34.2 Å². The zero-order valence-corrected chi connectivity index (χ0v) is 19.7. The summed E-state index contributed by atoms with van der Waals surface area (Å²) in [4.78, 5) is 27.5. The lowest BCUT2D eigenvalue weighted by molar-refractivity contribution is -0.113. The van der Waals surface area contributed by atoms with Crippen LogP contribution in [0.3, 0.4) is 0 Å². The van der Waals surface area contributed by atoms with Crippen molar-refractivity contribution in [2.75, 3.05) is 0 Å². The van der Waals surface area contributed by atoms with Gasteiger partial charge in [-0.3, -0.25) is 9.59 Å². The van der Waals surface area contributed by atoms with E-state index in [1.165, 1.54) is 30.1 Å². The second-order valence-electron chi connectivity index (χ2n) is 10.0. The number of rotatable bonds is 7. The van der Waals surface area contributed by atoms with Crippen LogP contribution in [-0.4, -0.2) is 28.3 Å². The Bertz CT molecular complexity index is 1080. The highest BCUT2D eigenvalue weighted by molar-refractivity contribution is 6.07. The molecule has 0 aliphatic heterocycles. The van der Waals surface area contributed by atoms with E-state index in [0.717, 1.165) is 36.5 Å². The van der Waals surface area contributed by atoms with E-state index < -0.39 is 6.10 Å². The number of aromatic nitrogens is 1. The molecular formula is C27H35NO3. The first-order valence-corrected chi connectivity index (χ1v) is 11.2. The molecule has 1 aliphatic carbocycles. The summed E-state index contributed by atoms with van der Waals surface area (Å²) < 4.78 is 0. The number of allylic oxidation sites excluding steroid dienone is 3. The molecule has 2 N–H and O–H groups in total. The van der Waals surface area contributed by atoms with Crippen molar-refractivity contribution in [3.63, 3.8) is 0 Å². The Kier molecular flexibility index (Phi) is 6.70. The van der Waals surface area contributed by atoms with Crippen molar-refractivity contribution in [2.45, 2.75) is 79.8 Å². The van der Waals surface area contributed by atoms with Gasteiger partial charge in [0.05, 0.1) is 11.8 Å². The second kappa shape index (κ2) is 8.96. The summed E-state index contributed by atoms with van der Waals surface area (Å²) in [6.07, 6.45) is 4.92. The Morgan fingerprint density at radius 3 is 2.58 bits per heavy atom. The van der Waals surface area contributed by atoms with Crippen LogP contribution in [0.4, 0.5) is 0 Å². The number of aliphatic hydroxyl groups is 1. The SMILES string of the molecule is CC(=O)/C(C)=C(/CC(C)O)c1[nH]c2ccc(CC3=C(C)CC(C)(C)CC3)cc2c1C=O. The third-order valence-electron chi connectivity index (χ3n) is 6.67. The van der Waals surface area contributed by atoms with Gasteiger partial charge in [-0.1, -0.05) is 31.1 Å². The topological polar surface area (TPSA) is 70.2 Å². The molecule has 0 amide bonds. The molecule has 1 unspecified atom stereocenters. The number of carbonyl (C=O) groups excluding carboxylic acids is 2. The first kappa shape index (κ1) is 23.2. The van der Waals surface area contributed by atoms with Gasteiger partial charge in [-0.2, -0.15) is 0 Å². The molecule has 1 heterocycles. The maximum absolute atomic E-state index is 12.1. The van der Waals surface area contributed by atoms with Crippen LogP contribution >= 0.6 is 0 Å². The Balaban J connectivity index is 2.06. The van der Waals surface area contributed by atoms with Crippen molar-refractivity contribution in [3.8, 4) is 0 Å². The lowest BCUT2D eigenvalue weighted by Gasteiger charge is -2.32. The first-order chi connectivity index (χ1) is 14.5. The van der Waals surface area contributed by atoms with Gasteiger partial charge in [-0.25, -0.2) is 0 Å². The summed E-state index contributed by atoms with van der Waals surface area (Å²) in [5, 5.41) is 10.9. The first-order valence-electron chi connectivity index (χ1n) is 11.2. The third kappa shape index (κ3) is 5.07. The average molecular weight is 422 g/mol. The van der Waals surface area contributed by atoms with Crippen LogP contribution in [0.5, 0.6) is 0 Å². The quantitative estimate of drug-likeness (QED) is 0.318. The van der Waals surface area contributed by atoms with Crippen molar-refractivity contribution < 1.29 is 14.7 Å². The van der Waals surface area contributed by atoms with Gasteiger partial charge in [0.1, 0.15) is 0 Å². The standard InChI is InChI=1S/C27H35NO3/c1-16-14-27(5,6)10-9-21(16)12-20-7-8-25-23(13-20)24(15-29)26(28-25)22(11-17(2)30)18(3)19(4)31/h7-8,13,15,17,28,30H,9-12,14H2,1-6H3/b22-18-. The number of hydrogen-bond acceptors (Lipinski definition) is 3. The number of fused-ring (bicyclic) bond motifs is 1. The van der Waals surface area contributed by atoms with E-state index in [-0.39, 0.29) is 5.78 Å². The van der Waals surface area contributed by atoms with E-state index in [4.69, 9.17) is 0 Å². The number of carbonyl (C=O) groups is 2. The average Bonchev–Trinajstić information content (AvgIpc) is 3.04. The normalized spacial score (nSPS) is 18.2. The van der Waals surface area contributed by atoms with Crippen molar-refractivity contribution in [3.05, 3.63) is 51.7 Å². The summed E-state index contributed by atoms with van der Waals surface area (Å²) in [6.45, 7) is 11.9. The molecule has 1 atom stereocenters. The van der Waals surface area contributed by atoms with Crippen molar-refractivity contribution in [1.29, 1.82) is 0 Å². The highest BCUT2D eigenvalue weighted by atomic mass is 16.3. The summed E-state index contributed by atoms with van der Waals surface area (Å²) >= 11 is 0. The maximum Gasteiger partial charge on any atom is 0.155 e. The Morgan fingerprint density at radius 2 is 2.00 bits per heavy atom. The van der Waals surface area contributed by atoms with Gasteiger partial charge in [-0.15, -0.1) is 0 Å². The molecule has 1 aromatic heterocycles. The van der Waals surface area contributed by atoms with E-state index in [2.05, 4.69) is 37.9 Å². The number of ketones is 1. The van der Waals surface area contributed by atoms with E-state index in [9.17, 15) is 14.7 Å². The number of aldehydes is 1. The van der Waals surface area contributed by atoms with Crippen LogP contribution < -0.4 is 0 Å². The monoisotopic (exact) mass is 421 g/mol. The molecule has 0 saturated heterocycles. The molecule has 0 fully saturated rings. The Morgan fingerprint density at radius 1 is 1.29 bits per heavy atom. The molecule has 3 rings (SSSR count). The Hall–Kier alpha value is -2.46. The summed E-state index contributed by atoms with van der Waals surface area (Å²) in [7, 11) is 0. The fraction of sp³-hybridized carbons (Fsp3) is 0.481. The molecule has 31 heavy (non-hydrogen) atoms. The van der Waals surface area contributed by atoms with Gasteiger partial charge in [0.2, 0.25) is 0 Å². The number of hydrogen-bond donors (Lipinski definition) is 2. The summed E-state index contributed by atoms with van der Waals surface area (Å²) in [5.74, 6) is -0.0607.